The van der Waals surface area contributed by atoms with Gasteiger partial charge in [-0.1, -0.05) is 22.1 Å². The molecule has 0 bridgehead atoms. The van der Waals surface area contributed by atoms with E-state index in [-0.39, 0.29) is 25.5 Å². The van der Waals surface area contributed by atoms with Gasteiger partial charge in [-0.25, -0.2) is 0 Å². The van der Waals surface area contributed by atoms with E-state index in [0.29, 0.717) is 18.5 Å². The van der Waals surface area contributed by atoms with Crippen molar-refractivity contribution >= 4 is 27.2 Å². The van der Waals surface area contributed by atoms with Crippen molar-refractivity contribution in [2.24, 2.45) is 0 Å². The van der Waals surface area contributed by atoms with Gasteiger partial charge in [0.2, 0.25) is 0 Å². The molecule has 118 valence electrons. The molecule has 22 heavy (non-hydrogen) atoms. The Morgan fingerprint density at radius 1 is 1.14 bits per heavy atom. The molecule has 1 amide bonds. The number of hydrogen-bond donors (Lipinski definition) is 1. The average Bonchev–Trinajstić information content (AvgIpc) is 2.73. The fourth-order valence-electron chi connectivity index (χ4n) is 2.73. The third-order valence-electron chi connectivity index (χ3n) is 3.87. The molecule has 2 aromatic rings. The average molecular weight is 325 g/mol. The highest BCUT2D eigenvalue weighted by Crippen LogP contribution is 2.20. The number of benzene rings is 1. The fraction of sp³-hybridized carbons (Fsp3) is 0.357. The first-order valence-electron chi connectivity index (χ1n) is 7.02. The summed E-state index contributed by atoms with van der Waals surface area (Å²) in [4.78, 5) is 17.2. The van der Waals surface area contributed by atoms with Gasteiger partial charge in [0.15, 0.2) is 0 Å². The van der Waals surface area contributed by atoms with Crippen LogP contribution in [0.2, 0.25) is 0 Å². The Balaban J connectivity index is 1.81. The summed E-state index contributed by atoms with van der Waals surface area (Å²) in [6, 6.07) is 7.47. The number of H-pyrrole nitrogens is 1. The standard InChI is InChI=1S/C14H16FN3O3S/c15-22(20,21)18-7-3-6-17(8-9-18)14(19)12-10-16-13-5-2-1-4-11(12)13/h1-2,4-5,10,16H,3,6-9H2. The summed E-state index contributed by atoms with van der Waals surface area (Å²) >= 11 is 0. The third-order valence-corrected chi connectivity index (χ3v) is 4.85. The van der Waals surface area contributed by atoms with E-state index in [2.05, 4.69) is 4.98 Å². The topological polar surface area (TPSA) is 73.5 Å². The zero-order chi connectivity index (χ0) is 15.7. The van der Waals surface area contributed by atoms with E-state index in [0.717, 1.165) is 15.2 Å². The number of para-hydroxylation sites is 1. The van der Waals surface area contributed by atoms with E-state index in [1.165, 1.54) is 0 Å². The van der Waals surface area contributed by atoms with Gasteiger partial charge in [-0.3, -0.25) is 4.79 Å². The van der Waals surface area contributed by atoms with Gasteiger partial charge >= 0.3 is 10.4 Å². The quantitative estimate of drug-likeness (QED) is 0.851. The SMILES string of the molecule is O=C(c1c[nH]c2ccccc12)N1CCCN(S(=O)(=O)F)CC1. The van der Waals surface area contributed by atoms with Crippen LogP contribution >= 0.6 is 0 Å². The number of fused-ring (bicyclic) bond motifs is 1. The molecule has 6 nitrogen and oxygen atoms in total. The number of rotatable bonds is 2. The van der Waals surface area contributed by atoms with Crippen LogP contribution < -0.4 is 0 Å². The Labute approximate surface area is 127 Å². The Kier molecular flexibility index (Phi) is 3.88. The van der Waals surface area contributed by atoms with Crippen molar-refractivity contribution in [1.29, 1.82) is 0 Å². The van der Waals surface area contributed by atoms with Crippen LogP contribution in [-0.4, -0.2) is 54.7 Å². The first-order valence-corrected chi connectivity index (χ1v) is 8.36. The van der Waals surface area contributed by atoms with Gasteiger partial charge in [0.25, 0.3) is 5.91 Å². The summed E-state index contributed by atoms with van der Waals surface area (Å²) < 4.78 is 35.8. The lowest BCUT2D eigenvalue weighted by atomic mass is 10.1. The highest BCUT2D eigenvalue weighted by atomic mass is 32.3. The molecule has 1 saturated heterocycles. The number of aromatic nitrogens is 1. The molecule has 0 radical (unpaired) electrons. The summed E-state index contributed by atoms with van der Waals surface area (Å²) in [5, 5.41) is 0.826. The van der Waals surface area contributed by atoms with Crippen LogP contribution in [0.15, 0.2) is 30.5 Å². The van der Waals surface area contributed by atoms with Gasteiger partial charge in [-0.2, -0.15) is 12.7 Å². The van der Waals surface area contributed by atoms with Gasteiger partial charge < -0.3 is 9.88 Å². The number of aromatic amines is 1. The maximum atomic E-state index is 13.1. The molecule has 0 unspecified atom stereocenters. The van der Waals surface area contributed by atoms with E-state index < -0.39 is 10.4 Å². The maximum absolute atomic E-state index is 13.1. The lowest BCUT2D eigenvalue weighted by molar-refractivity contribution is 0.0766. The monoisotopic (exact) mass is 325 g/mol. The number of nitrogens with zero attached hydrogens (tertiary/aromatic N) is 2. The molecule has 3 rings (SSSR count). The van der Waals surface area contributed by atoms with E-state index in [4.69, 9.17) is 0 Å². The molecule has 0 saturated carbocycles. The Morgan fingerprint density at radius 2 is 1.91 bits per heavy atom. The lowest BCUT2D eigenvalue weighted by Gasteiger charge is -2.20. The van der Waals surface area contributed by atoms with Crippen molar-refractivity contribution in [2.75, 3.05) is 26.2 Å². The molecule has 1 aromatic carbocycles. The molecule has 0 aliphatic carbocycles. The van der Waals surface area contributed by atoms with Crippen LogP contribution in [0, 0.1) is 0 Å². The van der Waals surface area contributed by atoms with Crippen molar-refractivity contribution < 1.29 is 17.1 Å². The van der Waals surface area contributed by atoms with Crippen LogP contribution in [0.1, 0.15) is 16.8 Å². The zero-order valence-corrected chi connectivity index (χ0v) is 12.6. The van der Waals surface area contributed by atoms with E-state index >= 15 is 0 Å². The molecular weight excluding hydrogens is 309 g/mol. The number of nitrogens with one attached hydrogen (secondary N) is 1. The molecule has 2 heterocycles. The van der Waals surface area contributed by atoms with E-state index in [1.807, 2.05) is 24.3 Å². The van der Waals surface area contributed by atoms with Crippen LogP contribution in [0.5, 0.6) is 0 Å². The molecule has 0 atom stereocenters. The van der Waals surface area contributed by atoms with Crippen molar-refractivity contribution in [1.82, 2.24) is 14.2 Å². The van der Waals surface area contributed by atoms with Gasteiger partial charge in [-0.15, -0.1) is 0 Å². The molecule has 8 heteroatoms. The van der Waals surface area contributed by atoms with Crippen molar-refractivity contribution in [2.45, 2.75) is 6.42 Å². The number of carbonyl (C=O) groups is 1. The normalized spacial score (nSPS) is 17.6. The molecule has 1 aromatic heterocycles. The highest BCUT2D eigenvalue weighted by Gasteiger charge is 2.27. The van der Waals surface area contributed by atoms with Crippen LogP contribution in [-0.2, 0) is 10.4 Å². The van der Waals surface area contributed by atoms with Gasteiger partial charge in [0.1, 0.15) is 0 Å². The minimum Gasteiger partial charge on any atom is -0.360 e. The highest BCUT2D eigenvalue weighted by molar-refractivity contribution is 7.83. The van der Waals surface area contributed by atoms with Gasteiger partial charge in [0, 0.05) is 43.3 Å². The van der Waals surface area contributed by atoms with Gasteiger partial charge in [-0.05, 0) is 12.5 Å². The minimum atomic E-state index is -4.70. The van der Waals surface area contributed by atoms with Crippen LogP contribution in [0.4, 0.5) is 3.89 Å². The third kappa shape index (κ3) is 2.84. The minimum absolute atomic E-state index is 0.0209. The van der Waals surface area contributed by atoms with Crippen molar-refractivity contribution in [3.05, 3.63) is 36.0 Å². The molecule has 1 aliphatic rings. The predicted octanol–water partition coefficient (Wildman–Crippen LogP) is 1.53. The Morgan fingerprint density at radius 3 is 2.68 bits per heavy atom. The number of amides is 1. The second kappa shape index (κ2) is 5.69. The Bertz CT molecular complexity index is 803. The summed E-state index contributed by atoms with van der Waals surface area (Å²) in [5.74, 6) is -0.171. The summed E-state index contributed by atoms with van der Waals surface area (Å²) in [6.45, 7) is 0.662. The number of carbonyl (C=O) groups excluding carboxylic acids is 1. The summed E-state index contributed by atoms with van der Waals surface area (Å²) in [5.41, 5.74) is 1.42. The van der Waals surface area contributed by atoms with Crippen LogP contribution in [0.3, 0.4) is 0 Å². The maximum Gasteiger partial charge on any atom is 0.374 e. The molecule has 1 fully saturated rings. The smallest absolute Gasteiger partial charge is 0.360 e. The van der Waals surface area contributed by atoms with E-state index in [1.54, 1.807) is 11.1 Å². The number of hydrogen-bond acceptors (Lipinski definition) is 3. The lowest BCUT2D eigenvalue weighted by Crippen LogP contribution is -2.36. The molecular formula is C14H16FN3O3S. The summed E-state index contributed by atoms with van der Waals surface area (Å²) in [7, 11) is -4.70. The fourth-order valence-corrected chi connectivity index (χ4v) is 3.38. The molecule has 1 aliphatic heterocycles. The Hall–Kier alpha value is -1.93. The number of halogens is 1. The summed E-state index contributed by atoms with van der Waals surface area (Å²) in [6.07, 6.45) is 2.07. The first kappa shape index (κ1) is 15.0. The molecule has 0 spiro atoms. The van der Waals surface area contributed by atoms with Crippen molar-refractivity contribution in [3.8, 4) is 0 Å². The van der Waals surface area contributed by atoms with Gasteiger partial charge in [0.05, 0.1) is 5.56 Å². The second-order valence-electron chi connectivity index (χ2n) is 5.23. The zero-order valence-electron chi connectivity index (χ0n) is 11.8. The molecule has 1 N–H and O–H groups in total. The largest absolute Gasteiger partial charge is 0.374 e. The predicted molar refractivity (Wildman–Crippen MR) is 80.4 cm³/mol. The van der Waals surface area contributed by atoms with Crippen LogP contribution in [0.25, 0.3) is 10.9 Å². The van der Waals surface area contributed by atoms with E-state index in [9.17, 15) is 17.1 Å². The van der Waals surface area contributed by atoms with Crippen molar-refractivity contribution in [3.63, 3.8) is 0 Å². The second-order valence-corrected chi connectivity index (χ2v) is 6.58. The first-order chi connectivity index (χ1) is 10.5.